The molecule has 0 aromatic heterocycles. The Hall–Kier alpha value is -1.48. The number of esters is 1. The van der Waals surface area contributed by atoms with Gasteiger partial charge in [0.15, 0.2) is 0 Å². The van der Waals surface area contributed by atoms with E-state index in [2.05, 4.69) is 9.46 Å². The van der Waals surface area contributed by atoms with Crippen LogP contribution in [0.15, 0.2) is 18.2 Å². The largest absolute Gasteiger partial charge is 0.469 e. The first-order valence-corrected chi connectivity index (χ1v) is 8.12. The summed E-state index contributed by atoms with van der Waals surface area (Å²) in [5.41, 5.74) is -1.45. The highest BCUT2D eigenvalue weighted by Gasteiger charge is 2.35. The van der Waals surface area contributed by atoms with Gasteiger partial charge in [0.1, 0.15) is 5.82 Å². The van der Waals surface area contributed by atoms with E-state index < -0.39 is 45.3 Å². The molecule has 0 fully saturated rings. The topological polar surface area (TPSA) is 55.4 Å². The molecule has 0 saturated heterocycles. The minimum absolute atomic E-state index is 0.00766. The van der Waals surface area contributed by atoms with Crippen molar-refractivity contribution in [1.82, 2.24) is 4.72 Å². The molecule has 2 unspecified atom stereocenters. The Kier molecular flexibility index (Phi) is 6.52. The summed E-state index contributed by atoms with van der Waals surface area (Å²) in [4.78, 5) is 11.5. The zero-order valence-electron chi connectivity index (χ0n) is 13.7. The number of rotatable bonds is 5. The molecule has 1 N–H and O–H groups in total. The van der Waals surface area contributed by atoms with Gasteiger partial charge < -0.3 is 4.74 Å². The van der Waals surface area contributed by atoms with Crippen LogP contribution in [0.3, 0.4) is 0 Å². The van der Waals surface area contributed by atoms with E-state index in [1.807, 2.05) is 0 Å². The number of methoxy groups -OCH3 is 1. The molecule has 0 saturated carbocycles. The SMILES string of the molecule is COC(=O)CC(NS(=O)C(C)(C)C)c1ccc(F)c(C(F)(F)F)c1. The summed E-state index contributed by atoms with van der Waals surface area (Å²) in [7, 11) is -0.521. The molecule has 1 aromatic carbocycles. The number of carbonyl (C=O) groups excluding carboxylic acids is 1. The van der Waals surface area contributed by atoms with Gasteiger partial charge in [0, 0.05) is 0 Å². The molecule has 9 heteroatoms. The molecule has 0 aliphatic carbocycles. The zero-order chi connectivity index (χ0) is 18.7. The van der Waals surface area contributed by atoms with Crippen LogP contribution in [-0.4, -0.2) is 22.0 Å². The van der Waals surface area contributed by atoms with Crippen molar-refractivity contribution in [2.24, 2.45) is 0 Å². The van der Waals surface area contributed by atoms with Crippen molar-refractivity contribution in [3.8, 4) is 0 Å². The molecule has 0 bridgehead atoms. The summed E-state index contributed by atoms with van der Waals surface area (Å²) in [6.45, 7) is 4.99. The lowest BCUT2D eigenvalue weighted by Crippen LogP contribution is -2.36. The van der Waals surface area contributed by atoms with Gasteiger partial charge in [0.2, 0.25) is 0 Å². The number of hydrogen-bond acceptors (Lipinski definition) is 3. The average molecular weight is 369 g/mol. The zero-order valence-corrected chi connectivity index (χ0v) is 14.5. The van der Waals surface area contributed by atoms with Gasteiger partial charge in [-0.2, -0.15) is 13.2 Å². The Morgan fingerprint density at radius 1 is 1.29 bits per heavy atom. The van der Waals surface area contributed by atoms with Crippen molar-refractivity contribution in [2.45, 2.75) is 44.2 Å². The van der Waals surface area contributed by atoms with E-state index in [4.69, 9.17) is 0 Å². The Morgan fingerprint density at radius 3 is 2.33 bits per heavy atom. The summed E-state index contributed by atoms with van der Waals surface area (Å²) in [5, 5.41) is 0. The molecule has 0 aliphatic rings. The summed E-state index contributed by atoms with van der Waals surface area (Å²) in [5.74, 6) is -2.11. The standard InChI is InChI=1S/C15H19F4NO3S/c1-14(2,3)24(22)20-12(8-13(21)23-4)9-5-6-11(16)10(7-9)15(17,18)19/h5-7,12,20H,8H2,1-4H3. The van der Waals surface area contributed by atoms with Gasteiger partial charge in [0.05, 0.1) is 40.9 Å². The molecule has 2 atom stereocenters. The van der Waals surface area contributed by atoms with Crippen LogP contribution in [0.25, 0.3) is 0 Å². The van der Waals surface area contributed by atoms with E-state index in [0.29, 0.717) is 12.1 Å². The number of nitrogens with one attached hydrogen (secondary N) is 1. The van der Waals surface area contributed by atoms with E-state index in [1.54, 1.807) is 20.8 Å². The number of ether oxygens (including phenoxy) is 1. The van der Waals surface area contributed by atoms with Gasteiger partial charge in [-0.1, -0.05) is 6.07 Å². The Morgan fingerprint density at radius 2 is 1.88 bits per heavy atom. The normalized spacial score (nSPS) is 15.0. The second-order valence-electron chi connectivity index (χ2n) is 6.07. The molecule has 0 radical (unpaired) electrons. The third-order valence-corrected chi connectivity index (χ3v) is 4.71. The molecule has 0 amide bonds. The molecule has 24 heavy (non-hydrogen) atoms. The second kappa shape index (κ2) is 7.60. The van der Waals surface area contributed by atoms with Crippen LogP contribution in [0, 0.1) is 5.82 Å². The lowest BCUT2D eigenvalue weighted by molar-refractivity contribution is -0.141. The maximum absolute atomic E-state index is 13.4. The number of hydrogen-bond donors (Lipinski definition) is 1. The predicted molar refractivity (Wildman–Crippen MR) is 81.8 cm³/mol. The molecule has 0 aliphatic heterocycles. The van der Waals surface area contributed by atoms with Gasteiger partial charge in [0.25, 0.3) is 0 Å². The fraction of sp³-hybridized carbons (Fsp3) is 0.533. The quantitative estimate of drug-likeness (QED) is 0.638. The van der Waals surface area contributed by atoms with Crippen LogP contribution in [0.5, 0.6) is 0 Å². The smallest absolute Gasteiger partial charge is 0.419 e. The Bertz CT molecular complexity index is 626. The van der Waals surface area contributed by atoms with E-state index in [1.165, 1.54) is 0 Å². The van der Waals surface area contributed by atoms with Crippen LogP contribution in [-0.2, 0) is 26.7 Å². The first kappa shape index (κ1) is 20.6. The third kappa shape index (κ3) is 5.55. The fourth-order valence-corrected chi connectivity index (χ4v) is 2.59. The number of alkyl halides is 3. The van der Waals surface area contributed by atoms with Crippen molar-refractivity contribution in [1.29, 1.82) is 0 Å². The number of carbonyl (C=O) groups is 1. The second-order valence-corrected chi connectivity index (χ2v) is 8.07. The summed E-state index contributed by atoms with van der Waals surface area (Å²) in [6.07, 6.45) is -5.22. The van der Waals surface area contributed by atoms with E-state index >= 15 is 0 Å². The summed E-state index contributed by atoms with van der Waals surface area (Å²) < 4.78 is 70.6. The molecule has 0 spiro atoms. The monoisotopic (exact) mass is 369 g/mol. The Labute approximate surface area is 140 Å². The van der Waals surface area contributed by atoms with Gasteiger partial charge in [-0.15, -0.1) is 0 Å². The van der Waals surface area contributed by atoms with Crippen LogP contribution in [0.2, 0.25) is 0 Å². The first-order valence-electron chi connectivity index (χ1n) is 6.97. The number of benzene rings is 1. The third-order valence-electron chi connectivity index (χ3n) is 3.10. The average Bonchev–Trinajstić information content (AvgIpc) is 2.44. The van der Waals surface area contributed by atoms with Crippen molar-refractivity contribution in [3.05, 3.63) is 35.1 Å². The van der Waals surface area contributed by atoms with E-state index in [0.717, 1.165) is 13.2 Å². The molecular formula is C15H19F4NO3S. The van der Waals surface area contributed by atoms with Crippen LogP contribution >= 0.6 is 0 Å². The van der Waals surface area contributed by atoms with Crippen LogP contribution in [0.4, 0.5) is 17.6 Å². The maximum atomic E-state index is 13.4. The lowest BCUT2D eigenvalue weighted by Gasteiger charge is -2.24. The molecule has 1 aromatic rings. The highest BCUT2D eigenvalue weighted by molar-refractivity contribution is 7.84. The molecular weight excluding hydrogens is 350 g/mol. The minimum Gasteiger partial charge on any atom is -0.469 e. The molecule has 0 heterocycles. The van der Waals surface area contributed by atoms with Gasteiger partial charge >= 0.3 is 12.1 Å². The molecule has 136 valence electrons. The maximum Gasteiger partial charge on any atom is 0.419 e. The minimum atomic E-state index is -4.88. The first-order chi connectivity index (χ1) is 10.9. The van der Waals surface area contributed by atoms with Gasteiger partial charge in [-0.3, -0.25) is 4.79 Å². The van der Waals surface area contributed by atoms with Gasteiger partial charge in [-0.05, 0) is 38.5 Å². The fourth-order valence-electron chi connectivity index (χ4n) is 1.76. The van der Waals surface area contributed by atoms with Crippen molar-refractivity contribution < 1.29 is 31.3 Å². The number of halogens is 4. The lowest BCUT2D eigenvalue weighted by atomic mass is 10.0. The van der Waals surface area contributed by atoms with E-state index in [9.17, 15) is 26.6 Å². The van der Waals surface area contributed by atoms with Gasteiger partial charge in [-0.25, -0.2) is 13.3 Å². The van der Waals surface area contributed by atoms with Crippen molar-refractivity contribution >= 4 is 17.0 Å². The molecule has 1 rings (SSSR count). The van der Waals surface area contributed by atoms with Crippen LogP contribution in [0.1, 0.15) is 44.4 Å². The van der Waals surface area contributed by atoms with Crippen LogP contribution < -0.4 is 4.72 Å². The predicted octanol–water partition coefficient (Wildman–Crippen LogP) is 3.50. The highest BCUT2D eigenvalue weighted by Crippen LogP contribution is 2.33. The summed E-state index contributed by atoms with van der Waals surface area (Å²) in [6, 6.07) is 1.38. The highest BCUT2D eigenvalue weighted by atomic mass is 32.2. The van der Waals surface area contributed by atoms with Crippen molar-refractivity contribution in [3.63, 3.8) is 0 Å². The molecule has 4 nitrogen and oxygen atoms in total. The van der Waals surface area contributed by atoms with E-state index in [-0.39, 0.29) is 12.0 Å². The Balaban J connectivity index is 3.24. The van der Waals surface area contributed by atoms with Crippen molar-refractivity contribution in [2.75, 3.05) is 7.11 Å². The summed E-state index contributed by atoms with van der Waals surface area (Å²) >= 11 is 0.